The van der Waals surface area contributed by atoms with E-state index in [4.69, 9.17) is 21.1 Å². The van der Waals surface area contributed by atoms with Gasteiger partial charge in [0.15, 0.2) is 0 Å². The fraction of sp³-hybridized carbons (Fsp3) is 0.562. The molecule has 2 fully saturated rings. The van der Waals surface area contributed by atoms with E-state index in [0.29, 0.717) is 24.8 Å². The standard InChI is InChI=1S/C16H21ClN2O3/c17-12-3-1-11(2-4-12)10-18-16(20)19-13-5-6-14-15(9-13)22-8-7-21-14/h1-4,13-15H,5-10H2,(H2,18,19,20). The summed E-state index contributed by atoms with van der Waals surface area (Å²) in [5, 5.41) is 6.59. The Kier molecular flexibility index (Phi) is 5.18. The predicted molar refractivity (Wildman–Crippen MR) is 83.9 cm³/mol. The van der Waals surface area contributed by atoms with E-state index in [-0.39, 0.29) is 24.3 Å². The Balaban J connectivity index is 1.42. The molecule has 0 radical (unpaired) electrons. The molecule has 0 bridgehead atoms. The molecule has 120 valence electrons. The minimum absolute atomic E-state index is 0.115. The van der Waals surface area contributed by atoms with Crippen molar-refractivity contribution >= 4 is 17.6 Å². The summed E-state index contributed by atoms with van der Waals surface area (Å²) < 4.78 is 11.4. The van der Waals surface area contributed by atoms with Gasteiger partial charge < -0.3 is 20.1 Å². The minimum Gasteiger partial charge on any atom is -0.373 e. The van der Waals surface area contributed by atoms with Gasteiger partial charge in [-0.1, -0.05) is 23.7 Å². The van der Waals surface area contributed by atoms with Gasteiger partial charge in [0.05, 0.1) is 25.4 Å². The van der Waals surface area contributed by atoms with Crippen LogP contribution in [0.3, 0.4) is 0 Å². The first-order valence-corrected chi connectivity index (χ1v) is 8.10. The fourth-order valence-corrected chi connectivity index (χ4v) is 3.14. The Morgan fingerprint density at radius 2 is 1.86 bits per heavy atom. The molecule has 1 saturated heterocycles. The summed E-state index contributed by atoms with van der Waals surface area (Å²) in [6.45, 7) is 1.82. The number of ether oxygens (including phenoxy) is 2. The van der Waals surface area contributed by atoms with Crippen LogP contribution in [0.5, 0.6) is 0 Å². The summed E-state index contributed by atoms with van der Waals surface area (Å²) in [5.74, 6) is 0. The monoisotopic (exact) mass is 324 g/mol. The summed E-state index contributed by atoms with van der Waals surface area (Å²) in [6.07, 6.45) is 3.00. The smallest absolute Gasteiger partial charge is 0.315 e. The van der Waals surface area contributed by atoms with Gasteiger partial charge in [0, 0.05) is 17.6 Å². The van der Waals surface area contributed by atoms with Crippen molar-refractivity contribution in [2.75, 3.05) is 13.2 Å². The van der Waals surface area contributed by atoms with E-state index in [0.717, 1.165) is 24.8 Å². The highest BCUT2D eigenvalue weighted by Gasteiger charge is 2.34. The van der Waals surface area contributed by atoms with E-state index in [1.165, 1.54) is 0 Å². The van der Waals surface area contributed by atoms with Gasteiger partial charge in [0.25, 0.3) is 0 Å². The van der Waals surface area contributed by atoms with Crippen LogP contribution in [0.25, 0.3) is 0 Å². The van der Waals surface area contributed by atoms with Gasteiger partial charge in [-0.3, -0.25) is 0 Å². The molecule has 0 aromatic heterocycles. The molecule has 1 heterocycles. The summed E-state index contributed by atoms with van der Waals surface area (Å²) in [5.41, 5.74) is 1.02. The molecule has 1 aliphatic heterocycles. The fourth-order valence-electron chi connectivity index (χ4n) is 3.02. The van der Waals surface area contributed by atoms with Gasteiger partial charge >= 0.3 is 6.03 Å². The molecule has 1 saturated carbocycles. The quantitative estimate of drug-likeness (QED) is 0.898. The maximum Gasteiger partial charge on any atom is 0.315 e. The van der Waals surface area contributed by atoms with E-state index in [1.54, 1.807) is 0 Å². The van der Waals surface area contributed by atoms with Crippen molar-refractivity contribution in [3.63, 3.8) is 0 Å². The topological polar surface area (TPSA) is 59.6 Å². The summed E-state index contributed by atoms with van der Waals surface area (Å²) in [4.78, 5) is 12.0. The first-order valence-electron chi connectivity index (χ1n) is 7.73. The van der Waals surface area contributed by atoms with Crippen LogP contribution in [0.2, 0.25) is 5.02 Å². The summed E-state index contributed by atoms with van der Waals surface area (Å²) in [6, 6.07) is 7.45. The number of carbonyl (C=O) groups is 1. The van der Waals surface area contributed by atoms with Crippen LogP contribution in [0.1, 0.15) is 24.8 Å². The van der Waals surface area contributed by atoms with Crippen molar-refractivity contribution in [1.29, 1.82) is 0 Å². The van der Waals surface area contributed by atoms with E-state index in [9.17, 15) is 4.79 Å². The molecule has 3 atom stereocenters. The normalized spacial score (nSPS) is 27.8. The number of hydrogen-bond donors (Lipinski definition) is 2. The lowest BCUT2D eigenvalue weighted by atomic mass is 9.90. The first kappa shape index (κ1) is 15.6. The van der Waals surface area contributed by atoms with Crippen LogP contribution in [0.4, 0.5) is 4.79 Å². The molecule has 2 aliphatic rings. The van der Waals surface area contributed by atoms with Gasteiger partial charge in [0.2, 0.25) is 0 Å². The average molecular weight is 325 g/mol. The number of nitrogens with one attached hydrogen (secondary N) is 2. The largest absolute Gasteiger partial charge is 0.373 e. The Morgan fingerprint density at radius 3 is 2.64 bits per heavy atom. The summed E-state index contributed by atoms with van der Waals surface area (Å²) in [7, 11) is 0. The van der Waals surface area contributed by atoms with Crippen molar-refractivity contribution < 1.29 is 14.3 Å². The molecule has 22 heavy (non-hydrogen) atoms. The number of halogens is 1. The number of amides is 2. The average Bonchev–Trinajstić information content (AvgIpc) is 2.54. The van der Waals surface area contributed by atoms with Crippen molar-refractivity contribution in [2.45, 2.75) is 44.1 Å². The predicted octanol–water partition coefficient (Wildman–Crippen LogP) is 2.48. The van der Waals surface area contributed by atoms with Gasteiger partial charge in [-0.15, -0.1) is 0 Å². The highest BCUT2D eigenvalue weighted by atomic mass is 35.5. The molecule has 0 spiro atoms. The molecule has 5 nitrogen and oxygen atoms in total. The highest BCUT2D eigenvalue weighted by molar-refractivity contribution is 6.30. The molecular weight excluding hydrogens is 304 g/mol. The lowest BCUT2D eigenvalue weighted by Crippen LogP contribution is -2.51. The third-order valence-electron chi connectivity index (χ3n) is 4.18. The van der Waals surface area contributed by atoms with Crippen LogP contribution in [-0.4, -0.2) is 37.5 Å². The number of carbonyl (C=O) groups excluding carboxylic acids is 1. The molecule has 3 unspecified atom stereocenters. The second kappa shape index (κ2) is 7.31. The van der Waals surface area contributed by atoms with Crippen LogP contribution in [-0.2, 0) is 16.0 Å². The van der Waals surface area contributed by atoms with Crippen molar-refractivity contribution in [3.8, 4) is 0 Å². The molecule has 3 rings (SSSR count). The SMILES string of the molecule is O=C(NCc1ccc(Cl)cc1)NC1CCC2OCCOC2C1. The van der Waals surface area contributed by atoms with Crippen LogP contribution >= 0.6 is 11.6 Å². The van der Waals surface area contributed by atoms with Crippen LogP contribution in [0.15, 0.2) is 24.3 Å². The molecular formula is C16H21ClN2O3. The van der Waals surface area contributed by atoms with E-state index >= 15 is 0 Å². The molecule has 6 heteroatoms. The third kappa shape index (κ3) is 4.12. The number of hydrogen-bond acceptors (Lipinski definition) is 3. The summed E-state index contributed by atoms with van der Waals surface area (Å²) >= 11 is 5.84. The first-order chi connectivity index (χ1) is 10.7. The van der Waals surface area contributed by atoms with Gasteiger partial charge in [-0.2, -0.15) is 0 Å². The Bertz CT molecular complexity index is 509. The van der Waals surface area contributed by atoms with Gasteiger partial charge in [0.1, 0.15) is 0 Å². The molecule has 2 amide bonds. The van der Waals surface area contributed by atoms with Crippen LogP contribution < -0.4 is 10.6 Å². The molecule has 1 aromatic carbocycles. The Morgan fingerprint density at radius 1 is 1.14 bits per heavy atom. The third-order valence-corrected chi connectivity index (χ3v) is 4.43. The minimum atomic E-state index is -0.143. The van der Waals surface area contributed by atoms with E-state index in [2.05, 4.69) is 10.6 Å². The zero-order chi connectivity index (χ0) is 15.4. The lowest BCUT2D eigenvalue weighted by molar-refractivity contribution is -0.157. The van der Waals surface area contributed by atoms with Crippen molar-refractivity contribution in [1.82, 2.24) is 10.6 Å². The lowest BCUT2D eigenvalue weighted by Gasteiger charge is -2.39. The van der Waals surface area contributed by atoms with Gasteiger partial charge in [-0.25, -0.2) is 4.79 Å². The number of rotatable bonds is 3. The highest BCUT2D eigenvalue weighted by Crippen LogP contribution is 2.26. The van der Waals surface area contributed by atoms with E-state index < -0.39 is 0 Å². The van der Waals surface area contributed by atoms with E-state index in [1.807, 2.05) is 24.3 Å². The van der Waals surface area contributed by atoms with Crippen molar-refractivity contribution in [2.24, 2.45) is 0 Å². The second-order valence-corrected chi connectivity index (χ2v) is 6.22. The van der Waals surface area contributed by atoms with Crippen molar-refractivity contribution in [3.05, 3.63) is 34.9 Å². The molecule has 2 N–H and O–H groups in total. The Hall–Kier alpha value is -1.30. The number of fused-ring (bicyclic) bond motifs is 1. The second-order valence-electron chi connectivity index (χ2n) is 5.78. The van der Waals surface area contributed by atoms with Gasteiger partial charge in [-0.05, 0) is 37.0 Å². The van der Waals surface area contributed by atoms with Crippen LogP contribution in [0, 0.1) is 0 Å². The molecule has 1 aliphatic carbocycles. The number of urea groups is 1. The zero-order valence-corrected chi connectivity index (χ0v) is 13.1. The number of benzene rings is 1. The zero-order valence-electron chi connectivity index (χ0n) is 12.4. The molecule has 1 aromatic rings. The Labute approximate surface area is 135 Å². The maximum atomic E-state index is 12.0. The maximum absolute atomic E-state index is 12.0.